The molecule has 1 heterocycles. The molecule has 0 aromatic heterocycles. The number of hydrogen-bond acceptors (Lipinski definition) is 7. The fraction of sp³-hybridized carbons (Fsp3) is 0.632. The van der Waals surface area contributed by atoms with Gasteiger partial charge in [-0.1, -0.05) is 0 Å². The molecule has 4 bridgehead atoms. The van der Waals surface area contributed by atoms with Crippen molar-refractivity contribution in [3.05, 3.63) is 22.3 Å². The number of fused-ring (bicyclic) bond motifs is 1. The molecule has 13 heteroatoms. The second kappa shape index (κ2) is 7.70. The number of rotatable bonds is 3. The summed E-state index contributed by atoms with van der Waals surface area (Å²) in [5.74, 6) is -2.78. The molecular weight excluding hydrogens is 791 g/mol. The standard InChI is InChI=1S/C19H17F2I3O7S/c20-19(21,32(26,27)28)16(25)31-17-4-8-1-9(5-17)18(10(2-8)6-17)29-7-11-13(30-18)3-12(22)15(24)14(11)23/h3,8-10H,1-2,4-7H2,(H,26,27,28)/p-1. The van der Waals surface area contributed by atoms with Gasteiger partial charge in [0.05, 0.1) is 6.61 Å². The normalized spacial score (nSPS) is 35.5. The molecule has 2 atom stereocenters. The van der Waals surface area contributed by atoms with Crippen molar-refractivity contribution in [1.29, 1.82) is 0 Å². The molecule has 1 spiro atoms. The van der Waals surface area contributed by atoms with Gasteiger partial charge in [-0.15, -0.1) is 0 Å². The molecule has 5 aliphatic rings. The van der Waals surface area contributed by atoms with Crippen LogP contribution in [0, 0.1) is 28.5 Å². The topological polar surface area (TPSA) is 102 Å². The van der Waals surface area contributed by atoms with Crippen molar-refractivity contribution in [3.8, 4) is 5.75 Å². The Morgan fingerprint density at radius 1 is 1.16 bits per heavy atom. The lowest BCUT2D eigenvalue weighted by Gasteiger charge is -2.63. The Hall–Kier alpha value is 0.410. The zero-order valence-electron chi connectivity index (χ0n) is 16.2. The first-order valence-corrected chi connectivity index (χ1v) is 14.5. The lowest BCUT2D eigenvalue weighted by molar-refractivity contribution is -0.337. The van der Waals surface area contributed by atoms with Crippen molar-refractivity contribution in [1.82, 2.24) is 0 Å². The first kappa shape index (κ1) is 24.1. The Morgan fingerprint density at radius 2 is 1.78 bits per heavy atom. The number of carbonyl (C=O) groups excluding carboxylic acids is 1. The van der Waals surface area contributed by atoms with E-state index < -0.39 is 32.7 Å². The van der Waals surface area contributed by atoms with Gasteiger partial charge >= 0.3 is 11.2 Å². The Morgan fingerprint density at radius 3 is 2.38 bits per heavy atom. The van der Waals surface area contributed by atoms with Crippen molar-refractivity contribution in [3.63, 3.8) is 0 Å². The van der Waals surface area contributed by atoms with Gasteiger partial charge in [-0.25, -0.2) is 13.2 Å². The largest absolute Gasteiger partial charge is 0.743 e. The molecule has 1 aliphatic heterocycles. The van der Waals surface area contributed by atoms with Crippen molar-refractivity contribution in [2.45, 2.75) is 55.4 Å². The van der Waals surface area contributed by atoms with Crippen molar-refractivity contribution in [2.75, 3.05) is 0 Å². The lowest BCUT2D eigenvalue weighted by Crippen LogP contribution is -2.68. The van der Waals surface area contributed by atoms with Gasteiger partial charge in [-0.3, -0.25) is 0 Å². The molecule has 176 valence electrons. The van der Waals surface area contributed by atoms with Crippen LogP contribution >= 0.6 is 67.8 Å². The average Bonchev–Trinajstić information content (AvgIpc) is 2.68. The first-order valence-electron chi connectivity index (χ1n) is 9.84. The van der Waals surface area contributed by atoms with Gasteiger partial charge in [0.25, 0.3) is 0 Å². The number of esters is 1. The summed E-state index contributed by atoms with van der Waals surface area (Å²) in [6, 6.07) is 1.98. The van der Waals surface area contributed by atoms with Gasteiger partial charge in [0.1, 0.15) is 11.4 Å². The molecule has 1 aromatic carbocycles. The monoisotopic (exact) mass is 807 g/mol. The molecule has 1 aromatic rings. The summed E-state index contributed by atoms with van der Waals surface area (Å²) in [6.07, 6.45) is 2.27. The van der Waals surface area contributed by atoms with E-state index in [1.54, 1.807) is 0 Å². The van der Waals surface area contributed by atoms with Crippen LogP contribution in [-0.4, -0.2) is 35.6 Å². The predicted octanol–water partition coefficient (Wildman–Crippen LogP) is 4.37. The Bertz CT molecular complexity index is 1110. The Labute approximate surface area is 223 Å². The second-order valence-corrected chi connectivity index (χ2v) is 13.7. The van der Waals surface area contributed by atoms with E-state index in [2.05, 4.69) is 67.8 Å². The third kappa shape index (κ3) is 3.52. The highest BCUT2D eigenvalue weighted by atomic mass is 127. The zero-order chi connectivity index (χ0) is 23.3. The van der Waals surface area contributed by atoms with Gasteiger partial charge in [0.2, 0.25) is 5.79 Å². The molecule has 32 heavy (non-hydrogen) atoms. The van der Waals surface area contributed by atoms with Gasteiger partial charge in [-0.2, -0.15) is 8.78 Å². The fourth-order valence-corrected chi connectivity index (χ4v) is 8.47. The van der Waals surface area contributed by atoms with Crippen LogP contribution in [0.1, 0.15) is 37.7 Å². The van der Waals surface area contributed by atoms with Gasteiger partial charge in [0, 0.05) is 28.1 Å². The molecule has 4 aliphatic carbocycles. The summed E-state index contributed by atoms with van der Waals surface area (Å²) in [7, 11) is -6.17. The summed E-state index contributed by atoms with van der Waals surface area (Å²) < 4.78 is 81.4. The van der Waals surface area contributed by atoms with Crippen molar-refractivity contribution in [2.24, 2.45) is 17.8 Å². The fourth-order valence-electron chi connectivity index (χ4n) is 5.96. The highest BCUT2D eigenvalue weighted by molar-refractivity contribution is 14.1. The average molecular weight is 807 g/mol. The minimum Gasteiger partial charge on any atom is -0.743 e. The maximum Gasteiger partial charge on any atom is 0.428 e. The van der Waals surface area contributed by atoms with E-state index in [-0.39, 0.29) is 30.6 Å². The van der Waals surface area contributed by atoms with E-state index in [4.69, 9.17) is 14.2 Å². The van der Waals surface area contributed by atoms with E-state index in [1.807, 2.05) is 6.07 Å². The number of halogens is 5. The molecule has 0 radical (unpaired) electrons. The van der Waals surface area contributed by atoms with Gasteiger partial charge in [-0.05, 0) is 112 Å². The van der Waals surface area contributed by atoms with Crippen LogP contribution in [0.2, 0.25) is 0 Å². The smallest absolute Gasteiger partial charge is 0.428 e. The number of hydrogen-bond donors (Lipinski definition) is 0. The highest BCUT2D eigenvalue weighted by Gasteiger charge is 2.68. The molecule has 4 fully saturated rings. The Kier molecular flexibility index (Phi) is 5.81. The third-order valence-electron chi connectivity index (χ3n) is 7.07. The van der Waals surface area contributed by atoms with E-state index in [9.17, 15) is 26.5 Å². The predicted molar refractivity (Wildman–Crippen MR) is 130 cm³/mol. The number of benzene rings is 1. The molecule has 6 rings (SSSR count). The summed E-state index contributed by atoms with van der Waals surface area (Å²) in [5.41, 5.74) is -0.272. The van der Waals surface area contributed by atoms with Crippen LogP contribution in [0.5, 0.6) is 5.75 Å². The summed E-state index contributed by atoms with van der Waals surface area (Å²) >= 11 is 6.80. The number of carbonyl (C=O) groups is 1. The summed E-state index contributed by atoms with van der Waals surface area (Å²) in [4.78, 5) is 12.0. The molecule has 0 amide bonds. The van der Waals surface area contributed by atoms with E-state index in [0.29, 0.717) is 13.0 Å². The molecule has 2 unspecified atom stereocenters. The van der Waals surface area contributed by atoms with Crippen LogP contribution in [0.4, 0.5) is 8.78 Å². The second-order valence-electron chi connectivity index (χ2n) is 8.96. The lowest BCUT2D eigenvalue weighted by atomic mass is 9.51. The third-order valence-corrected chi connectivity index (χ3v) is 13.1. The zero-order valence-corrected chi connectivity index (χ0v) is 23.5. The molecule has 0 N–H and O–H groups in total. The van der Waals surface area contributed by atoms with E-state index in [1.165, 1.54) is 0 Å². The van der Waals surface area contributed by atoms with Crippen LogP contribution in [-0.2, 0) is 31.0 Å². The number of alkyl halides is 2. The van der Waals surface area contributed by atoms with Crippen LogP contribution in [0.25, 0.3) is 0 Å². The van der Waals surface area contributed by atoms with Gasteiger partial charge in [0.15, 0.2) is 10.1 Å². The van der Waals surface area contributed by atoms with E-state index >= 15 is 0 Å². The van der Waals surface area contributed by atoms with Gasteiger partial charge < -0.3 is 18.8 Å². The molecular formula is C19H16F2I3O7S-. The van der Waals surface area contributed by atoms with Crippen LogP contribution in [0.15, 0.2) is 6.07 Å². The molecule has 7 nitrogen and oxygen atoms in total. The molecule has 0 saturated heterocycles. The quantitative estimate of drug-likeness (QED) is 0.194. The highest BCUT2D eigenvalue weighted by Crippen LogP contribution is 2.64. The maximum atomic E-state index is 13.8. The maximum absolute atomic E-state index is 13.8. The SMILES string of the molecule is O=C(OC12CC3CC(C1)C1(OCc4c(cc(I)c(I)c4I)O1)C(C3)C2)C(F)(F)S(=O)(=O)[O-]. The summed E-state index contributed by atoms with van der Waals surface area (Å²) in [6.45, 7) is 0.359. The van der Waals surface area contributed by atoms with Crippen LogP contribution < -0.4 is 4.74 Å². The van der Waals surface area contributed by atoms with E-state index in [0.717, 1.165) is 34.9 Å². The van der Waals surface area contributed by atoms with Crippen molar-refractivity contribution < 1.29 is 40.8 Å². The van der Waals surface area contributed by atoms with Crippen molar-refractivity contribution >= 4 is 83.9 Å². The Balaban J connectivity index is 1.44. The molecule has 4 saturated carbocycles. The summed E-state index contributed by atoms with van der Waals surface area (Å²) in [5, 5.41) is -5.12. The number of ether oxygens (including phenoxy) is 3. The minimum absolute atomic E-state index is 0.119. The first-order chi connectivity index (χ1) is 14.8. The van der Waals surface area contributed by atoms with Crippen LogP contribution in [0.3, 0.4) is 0 Å². The minimum atomic E-state index is -6.17.